The van der Waals surface area contributed by atoms with Gasteiger partial charge in [-0.15, -0.1) is 0 Å². The summed E-state index contributed by atoms with van der Waals surface area (Å²) in [6.07, 6.45) is 2.46. The van der Waals surface area contributed by atoms with Crippen molar-refractivity contribution in [3.63, 3.8) is 0 Å². The third kappa shape index (κ3) is 5.13. The molecule has 1 amide bonds. The van der Waals surface area contributed by atoms with Crippen molar-refractivity contribution in [3.8, 4) is 5.75 Å². The van der Waals surface area contributed by atoms with Crippen LogP contribution in [0.15, 0.2) is 24.3 Å². The van der Waals surface area contributed by atoms with Crippen LogP contribution in [0, 0.1) is 11.8 Å². The van der Waals surface area contributed by atoms with E-state index in [4.69, 9.17) is 21.4 Å². The Bertz CT molecular complexity index is 555. The van der Waals surface area contributed by atoms with E-state index in [9.17, 15) is 9.59 Å². The third-order valence-electron chi connectivity index (χ3n) is 4.29. The molecule has 2 rings (SSSR count). The van der Waals surface area contributed by atoms with E-state index < -0.39 is 5.97 Å². The molecule has 6 heteroatoms. The summed E-state index contributed by atoms with van der Waals surface area (Å²) in [5.41, 5.74) is 0. The van der Waals surface area contributed by atoms with E-state index in [0.717, 1.165) is 0 Å². The second-order valence-corrected chi connectivity index (χ2v) is 6.39. The van der Waals surface area contributed by atoms with Crippen molar-refractivity contribution in [1.29, 1.82) is 0 Å². The van der Waals surface area contributed by atoms with Crippen LogP contribution in [0.4, 0.5) is 0 Å². The fraction of sp³-hybridized carbons (Fsp3) is 0.529. The number of ether oxygens (including phenoxy) is 1. The Morgan fingerprint density at radius 2 is 1.91 bits per heavy atom. The Labute approximate surface area is 141 Å². The first-order valence-electron chi connectivity index (χ1n) is 7.83. The van der Waals surface area contributed by atoms with Crippen molar-refractivity contribution < 1.29 is 19.4 Å². The highest BCUT2D eigenvalue weighted by atomic mass is 35.5. The normalized spacial score (nSPS) is 20.8. The van der Waals surface area contributed by atoms with Gasteiger partial charge in [-0.25, -0.2) is 0 Å². The predicted octanol–water partition coefficient (Wildman–Crippen LogP) is 3.07. The van der Waals surface area contributed by atoms with Gasteiger partial charge < -0.3 is 14.7 Å². The molecule has 0 bridgehead atoms. The van der Waals surface area contributed by atoms with E-state index in [1.165, 1.54) is 0 Å². The molecular formula is C17H22ClNO4. The number of likely N-dealkylation sites (N-methyl/N-ethyl adjacent to an activating group) is 1. The van der Waals surface area contributed by atoms with Crippen molar-refractivity contribution >= 4 is 23.5 Å². The molecule has 0 aromatic heterocycles. The van der Waals surface area contributed by atoms with Crippen LogP contribution in [-0.4, -0.2) is 42.1 Å². The summed E-state index contributed by atoms with van der Waals surface area (Å²) in [4.78, 5) is 25.0. The maximum Gasteiger partial charge on any atom is 0.306 e. The standard InChI is InChI=1S/C17H22ClNO4/c1-19(9-10-23-15-4-2-3-14(18)11-15)16(20)12-5-7-13(8-6-12)17(21)22/h2-4,11-13H,5-10H2,1H3,(H,21,22). The minimum absolute atomic E-state index is 0.0678. The van der Waals surface area contributed by atoms with E-state index in [1.807, 2.05) is 12.1 Å². The van der Waals surface area contributed by atoms with Gasteiger partial charge in [0.25, 0.3) is 0 Å². The summed E-state index contributed by atoms with van der Waals surface area (Å²) >= 11 is 5.89. The van der Waals surface area contributed by atoms with Gasteiger partial charge in [0.2, 0.25) is 5.91 Å². The molecule has 1 N–H and O–H groups in total. The molecule has 0 atom stereocenters. The highest BCUT2D eigenvalue weighted by Crippen LogP contribution is 2.30. The van der Waals surface area contributed by atoms with Crippen LogP contribution in [0.1, 0.15) is 25.7 Å². The minimum atomic E-state index is -0.751. The van der Waals surface area contributed by atoms with Gasteiger partial charge >= 0.3 is 5.97 Å². The highest BCUT2D eigenvalue weighted by molar-refractivity contribution is 6.30. The second kappa shape index (κ2) is 8.20. The molecule has 1 aromatic carbocycles. The van der Waals surface area contributed by atoms with Crippen LogP contribution in [0.5, 0.6) is 5.75 Å². The van der Waals surface area contributed by atoms with E-state index >= 15 is 0 Å². The van der Waals surface area contributed by atoms with Gasteiger partial charge in [-0.1, -0.05) is 17.7 Å². The zero-order chi connectivity index (χ0) is 16.8. The number of carboxylic acids is 1. The van der Waals surface area contributed by atoms with Crippen molar-refractivity contribution in [2.75, 3.05) is 20.2 Å². The molecule has 1 saturated carbocycles. The molecule has 0 aliphatic heterocycles. The van der Waals surface area contributed by atoms with Crippen LogP contribution < -0.4 is 4.74 Å². The molecule has 1 aliphatic carbocycles. The number of aliphatic carboxylic acids is 1. The maximum absolute atomic E-state index is 12.4. The van der Waals surface area contributed by atoms with Crippen molar-refractivity contribution in [3.05, 3.63) is 29.3 Å². The zero-order valence-corrected chi connectivity index (χ0v) is 14.0. The monoisotopic (exact) mass is 339 g/mol. The van der Waals surface area contributed by atoms with E-state index in [2.05, 4.69) is 0 Å². The molecule has 0 saturated heterocycles. The lowest BCUT2D eigenvalue weighted by Crippen LogP contribution is -2.38. The average Bonchev–Trinajstić information content (AvgIpc) is 2.54. The van der Waals surface area contributed by atoms with Crippen LogP contribution in [-0.2, 0) is 9.59 Å². The maximum atomic E-state index is 12.4. The molecule has 0 heterocycles. The summed E-state index contributed by atoms with van der Waals surface area (Å²) in [5, 5.41) is 9.61. The third-order valence-corrected chi connectivity index (χ3v) is 4.53. The number of carboxylic acid groups (broad SMARTS) is 1. The number of halogens is 1. The summed E-state index contributed by atoms with van der Waals surface area (Å²) in [5.74, 6) is -0.361. The molecule has 5 nitrogen and oxygen atoms in total. The number of rotatable bonds is 6. The number of carbonyl (C=O) groups excluding carboxylic acids is 1. The Balaban J connectivity index is 1.74. The average molecular weight is 340 g/mol. The number of carbonyl (C=O) groups is 2. The van der Waals surface area contributed by atoms with E-state index in [0.29, 0.717) is 49.6 Å². The molecule has 0 radical (unpaired) electrons. The van der Waals surface area contributed by atoms with Gasteiger partial charge in [0.15, 0.2) is 0 Å². The first kappa shape index (κ1) is 17.6. The predicted molar refractivity (Wildman–Crippen MR) is 87.7 cm³/mol. The summed E-state index contributed by atoms with van der Waals surface area (Å²) in [6, 6.07) is 7.14. The van der Waals surface area contributed by atoms with E-state index in [1.54, 1.807) is 24.1 Å². The SMILES string of the molecule is CN(CCOc1cccc(Cl)c1)C(=O)C1CCC(C(=O)O)CC1. The van der Waals surface area contributed by atoms with Gasteiger partial charge in [-0.2, -0.15) is 0 Å². The van der Waals surface area contributed by atoms with E-state index in [-0.39, 0.29) is 17.7 Å². The summed E-state index contributed by atoms with van der Waals surface area (Å²) < 4.78 is 5.59. The summed E-state index contributed by atoms with van der Waals surface area (Å²) in [7, 11) is 1.76. The Hall–Kier alpha value is -1.75. The Morgan fingerprint density at radius 3 is 2.52 bits per heavy atom. The molecule has 126 valence electrons. The molecule has 1 aromatic rings. The lowest BCUT2D eigenvalue weighted by Gasteiger charge is -2.28. The first-order valence-corrected chi connectivity index (χ1v) is 8.21. The van der Waals surface area contributed by atoms with Crippen LogP contribution in [0.25, 0.3) is 0 Å². The number of amides is 1. The van der Waals surface area contributed by atoms with Gasteiger partial charge in [0, 0.05) is 18.0 Å². The van der Waals surface area contributed by atoms with Gasteiger partial charge in [0.1, 0.15) is 12.4 Å². The molecule has 23 heavy (non-hydrogen) atoms. The van der Waals surface area contributed by atoms with Crippen molar-refractivity contribution in [2.24, 2.45) is 11.8 Å². The Morgan fingerprint density at radius 1 is 1.26 bits per heavy atom. The fourth-order valence-electron chi connectivity index (χ4n) is 2.87. The van der Waals surface area contributed by atoms with Gasteiger partial charge in [-0.3, -0.25) is 9.59 Å². The Kier molecular flexibility index (Phi) is 6.28. The number of benzene rings is 1. The number of hydrogen-bond acceptors (Lipinski definition) is 3. The highest BCUT2D eigenvalue weighted by Gasteiger charge is 2.31. The lowest BCUT2D eigenvalue weighted by molar-refractivity contribution is -0.145. The number of nitrogens with zero attached hydrogens (tertiary/aromatic N) is 1. The van der Waals surface area contributed by atoms with Crippen LogP contribution >= 0.6 is 11.6 Å². The lowest BCUT2D eigenvalue weighted by atomic mass is 9.81. The summed E-state index contributed by atoms with van der Waals surface area (Å²) in [6.45, 7) is 0.886. The minimum Gasteiger partial charge on any atom is -0.492 e. The first-order chi connectivity index (χ1) is 11.0. The smallest absolute Gasteiger partial charge is 0.306 e. The van der Waals surface area contributed by atoms with Crippen molar-refractivity contribution in [1.82, 2.24) is 4.90 Å². The molecule has 1 fully saturated rings. The van der Waals surface area contributed by atoms with Crippen molar-refractivity contribution in [2.45, 2.75) is 25.7 Å². The number of hydrogen-bond donors (Lipinski definition) is 1. The molecule has 0 unspecified atom stereocenters. The fourth-order valence-corrected chi connectivity index (χ4v) is 3.05. The molecule has 0 spiro atoms. The molecular weight excluding hydrogens is 318 g/mol. The zero-order valence-electron chi connectivity index (χ0n) is 13.2. The van der Waals surface area contributed by atoms with Crippen LogP contribution in [0.2, 0.25) is 5.02 Å². The quantitative estimate of drug-likeness (QED) is 0.865. The van der Waals surface area contributed by atoms with Crippen LogP contribution in [0.3, 0.4) is 0 Å². The second-order valence-electron chi connectivity index (χ2n) is 5.95. The van der Waals surface area contributed by atoms with Gasteiger partial charge in [-0.05, 0) is 43.9 Å². The van der Waals surface area contributed by atoms with Gasteiger partial charge in [0.05, 0.1) is 12.5 Å². The topological polar surface area (TPSA) is 66.8 Å². The molecule has 1 aliphatic rings. The largest absolute Gasteiger partial charge is 0.492 e.